The van der Waals surface area contributed by atoms with Gasteiger partial charge in [0, 0.05) is 11.3 Å². The zero-order valence-electron chi connectivity index (χ0n) is 22.2. The van der Waals surface area contributed by atoms with Crippen molar-refractivity contribution in [3.8, 4) is 17.2 Å². The van der Waals surface area contributed by atoms with Gasteiger partial charge in [-0.15, -0.1) is 10.2 Å². The van der Waals surface area contributed by atoms with Gasteiger partial charge in [0.2, 0.25) is 5.13 Å². The number of hydrogen-bond donors (Lipinski definition) is 1. The molecule has 0 aliphatic carbocycles. The minimum atomic E-state index is -0.933. The molecular formula is C30H25N3O6S2. The average Bonchev–Trinajstić information content (AvgIpc) is 3.58. The molecule has 2 aliphatic heterocycles. The molecule has 1 N–H and O–H groups in total. The molecule has 3 aromatic carbocycles. The van der Waals surface area contributed by atoms with Gasteiger partial charge in [-0.3, -0.25) is 14.5 Å². The molecule has 0 spiro atoms. The largest absolute Gasteiger partial charge is 0.507 e. The van der Waals surface area contributed by atoms with Crippen molar-refractivity contribution in [2.45, 2.75) is 23.1 Å². The highest BCUT2D eigenvalue weighted by Crippen LogP contribution is 2.45. The molecule has 0 saturated carbocycles. The summed E-state index contributed by atoms with van der Waals surface area (Å²) in [7, 11) is 1.56. The maximum atomic E-state index is 13.5. The van der Waals surface area contributed by atoms with Crippen molar-refractivity contribution >= 4 is 45.7 Å². The molecule has 208 valence electrons. The summed E-state index contributed by atoms with van der Waals surface area (Å²) in [6.45, 7) is 2.83. The van der Waals surface area contributed by atoms with Crippen LogP contribution in [0.15, 0.2) is 76.6 Å². The molecule has 3 heterocycles. The number of rotatable bonds is 7. The van der Waals surface area contributed by atoms with Gasteiger partial charge in [-0.1, -0.05) is 65.1 Å². The van der Waals surface area contributed by atoms with Crippen LogP contribution >= 0.6 is 23.1 Å². The number of methoxy groups -OCH3 is 1. The molecule has 11 heteroatoms. The molecule has 2 aliphatic rings. The first-order chi connectivity index (χ1) is 19.9. The highest BCUT2D eigenvalue weighted by Gasteiger charge is 2.48. The van der Waals surface area contributed by atoms with Crippen LogP contribution in [0.5, 0.6) is 17.2 Å². The Morgan fingerprint density at radius 3 is 2.49 bits per heavy atom. The maximum absolute atomic E-state index is 13.5. The second-order valence-electron chi connectivity index (χ2n) is 9.43. The summed E-state index contributed by atoms with van der Waals surface area (Å²) in [4.78, 5) is 28.3. The fourth-order valence-electron chi connectivity index (χ4n) is 4.67. The summed E-state index contributed by atoms with van der Waals surface area (Å²) >= 11 is 2.72. The highest BCUT2D eigenvalue weighted by atomic mass is 32.2. The molecule has 0 bridgehead atoms. The van der Waals surface area contributed by atoms with Crippen molar-refractivity contribution in [1.82, 2.24) is 10.2 Å². The highest BCUT2D eigenvalue weighted by molar-refractivity contribution is 8.00. The Bertz CT molecular complexity index is 1650. The second kappa shape index (κ2) is 11.3. The molecule has 41 heavy (non-hydrogen) atoms. The van der Waals surface area contributed by atoms with Crippen LogP contribution in [0.1, 0.15) is 28.3 Å². The zero-order chi connectivity index (χ0) is 28.5. The van der Waals surface area contributed by atoms with Crippen molar-refractivity contribution < 1.29 is 28.9 Å². The van der Waals surface area contributed by atoms with Gasteiger partial charge in [-0.25, -0.2) is 0 Å². The predicted octanol–water partition coefficient (Wildman–Crippen LogP) is 5.54. The molecule has 1 fully saturated rings. The number of fused-ring (bicyclic) bond motifs is 1. The number of aliphatic hydroxyl groups is 1. The van der Waals surface area contributed by atoms with Gasteiger partial charge < -0.3 is 19.3 Å². The van der Waals surface area contributed by atoms with Crippen LogP contribution in [0.25, 0.3) is 5.76 Å². The van der Waals surface area contributed by atoms with Crippen molar-refractivity contribution in [2.24, 2.45) is 0 Å². The molecular weight excluding hydrogens is 562 g/mol. The van der Waals surface area contributed by atoms with Crippen molar-refractivity contribution in [1.29, 1.82) is 0 Å². The third-order valence-electron chi connectivity index (χ3n) is 6.78. The van der Waals surface area contributed by atoms with Crippen LogP contribution in [0.2, 0.25) is 0 Å². The van der Waals surface area contributed by atoms with E-state index in [0.717, 1.165) is 5.56 Å². The molecule has 9 nitrogen and oxygen atoms in total. The summed E-state index contributed by atoms with van der Waals surface area (Å²) < 4.78 is 17.2. The molecule has 0 unspecified atom stereocenters. The van der Waals surface area contributed by atoms with Gasteiger partial charge >= 0.3 is 5.91 Å². The van der Waals surface area contributed by atoms with E-state index in [1.165, 1.54) is 33.6 Å². The summed E-state index contributed by atoms with van der Waals surface area (Å²) in [5.41, 5.74) is 3.20. The average molecular weight is 588 g/mol. The molecule has 1 atom stereocenters. The number of amides is 1. The second-order valence-corrected chi connectivity index (χ2v) is 11.6. The first kappa shape index (κ1) is 26.9. The lowest BCUT2D eigenvalue weighted by Crippen LogP contribution is -2.29. The van der Waals surface area contributed by atoms with Crippen molar-refractivity contribution in [3.05, 3.63) is 94.6 Å². The van der Waals surface area contributed by atoms with Gasteiger partial charge in [0.05, 0.1) is 18.7 Å². The Balaban J connectivity index is 1.38. The number of benzene rings is 3. The van der Waals surface area contributed by atoms with E-state index in [1.807, 2.05) is 6.92 Å². The molecule has 1 aromatic heterocycles. The van der Waals surface area contributed by atoms with E-state index in [2.05, 4.69) is 34.5 Å². The first-order valence-corrected chi connectivity index (χ1v) is 14.6. The Morgan fingerprint density at radius 2 is 1.76 bits per heavy atom. The number of Topliss-reactive ketones (excluding diaryl/α,β-unsaturated/α-hetero) is 1. The van der Waals surface area contributed by atoms with Gasteiger partial charge in [0.15, 0.2) is 15.8 Å². The number of carbonyl (C=O) groups is 2. The number of anilines is 1. The number of ketones is 1. The Morgan fingerprint density at radius 1 is 1.02 bits per heavy atom. The van der Waals surface area contributed by atoms with Crippen LogP contribution in [0.3, 0.4) is 0 Å². The molecule has 6 rings (SSSR count). The number of aromatic nitrogens is 2. The van der Waals surface area contributed by atoms with Gasteiger partial charge in [-0.05, 0) is 48.4 Å². The van der Waals surface area contributed by atoms with Crippen LogP contribution in [0.4, 0.5) is 5.13 Å². The monoisotopic (exact) mass is 587 g/mol. The first-order valence-electron chi connectivity index (χ1n) is 12.8. The third kappa shape index (κ3) is 5.25. The van der Waals surface area contributed by atoms with Gasteiger partial charge in [0.25, 0.3) is 5.78 Å². The number of thioether (sulfide) groups is 1. The number of ether oxygens (including phenoxy) is 3. The lowest BCUT2D eigenvalue weighted by Gasteiger charge is -2.23. The number of carbonyl (C=O) groups excluding carboxylic acids is 2. The van der Waals surface area contributed by atoms with Crippen LogP contribution in [-0.2, 0) is 15.3 Å². The smallest absolute Gasteiger partial charge is 0.301 e. The van der Waals surface area contributed by atoms with Crippen LogP contribution in [0, 0.1) is 6.92 Å². The molecule has 4 aromatic rings. The normalized spacial score (nSPS) is 17.6. The summed E-state index contributed by atoms with van der Waals surface area (Å²) in [6, 6.07) is 19.2. The van der Waals surface area contributed by atoms with Crippen molar-refractivity contribution in [2.75, 3.05) is 25.2 Å². The molecule has 1 amide bonds. The van der Waals surface area contributed by atoms with Crippen molar-refractivity contribution in [3.63, 3.8) is 0 Å². The van der Waals surface area contributed by atoms with E-state index in [-0.39, 0.29) is 16.5 Å². The molecule has 0 radical (unpaired) electrons. The van der Waals surface area contributed by atoms with E-state index in [4.69, 9.17) is 14.2 Å². The summed E-state index contributed by atoms with van der Waals surface area (Å²) in [6.07, 6.45) is 0. The Hall–Kier alpha value is -4.35. The minimum Gasteiger partial charge on any atom is -0.507 e. The lowest BCUT2D eigenvalue weighted by molar-refractivity contribution is -0.132. The van der Waals surface area contributed by atoms with Gasteiger partial charge in [0.1, 0.15) is 24.7 Å². The Kier molecular flexibility index (Phi) is 7.38. The van der Waals surface area contributed by atoms with Crippen LogP contribution in [-0.4, -0.2) is 47.3 Å². The van der Waals surface area contributed by atoms with E-state index in [1.54, 1.807) is 49.6 Å². The number of hydrogen-bond acceptors (Lipinski definition) is 10. The van der Waals surface area contributed by atoms with E-state index in [9.17, 15) is 14.7 Å². The van der Waals surface area contributed by atoms with E-state index in [0.29, 0.717) is 51.7 Å². The fourth-order valence-corrected chi connectivity index (χ4v) is 6.49. The summed E-state index contributed by atoms with van der Waals surface area (Å²) in [5, 5.41) is 20.3. The maximum Gasteiger partial charge on any atom is 0.301 e. The zero-order valence-corrected chi connectivity index (χ0v) is 23.8. The van der Waals surface area contributed by atoms with Crippen LogP contribution < -0.4 is 19.1 Å². The van der Waals surface area contributed by atoms with Gasteiger partial charge in [-0.2, -0.15) is 0 Å². The topological polar surface area (TPSA) is 111 Å². The Labute approximate surface area is 244 Å². The molecule has 1 saturated heterocycles. The SMILES string of the molecule is COc1ccc([C@H]2C(=C(O)c3ccc4c(c3)OCCO4)C(=O)C(=O)N2c2nnc(SCc3ccc(C)cc3)s2)cc1. The number of nitrogens with zero attached hydrogens (tertiary/aromatic N) is 3. The number of aryl methyl sites for hydroxylation is 1. The lowest BCUT2D eigenvalue weighted by atomic mass is 9.95. The predicted molar refractivity (Wildman–Crippen MR) is 156 cm³/mol. The third-order valence-corrected chi connectivity index (χ3v) is 8.90. The minimum absolute atomic E-state index is 0.0547. The fraction of sp³-hybridized carbons (Fsp3) is 0.200. The van der Waals surface area contributed by atoms with E-state index < -0.39 is 17.7 Å². The summed E-state index contributed by atoms with van der Waals surface area (Å²) in [5.74, 6) is 0.364. The quantitative estimate of drug-likeness (QED) is 0.0979. The standard InChI is InChI=1S/C30H25N3O6S2/c1-17-3-5-18(6-4-17)16-40-30-32-31-29(41-30)33-25(19-7-10-21(37-2)11-8-19)24(27(35)28(33)36)26(34)20-9-12-22-23(15-20)39-14-13-38-22/h3-12,15,25,34H,13-14,16H2,1-2H3/t25-/m0/s1. The number of aliphatic hydroxyl groups excluding tert-OH is 1. The van der Waals surface area contributed by atoms with E-state index >= 15 is 0 Å².